The summed E-state index contributed by atoms with van der Waals surface area (Å²) in [6.07, 6.45) is 6.45. The average Bonchev–Trinajstić information content (AvgIpc) is 2.65. The molecule has 0 aliphatic heterocycles. The molecule has 1 atom stereocenters. The van der Waals surface area contributed by atoms with Gasteiger partial charge in [0.05, 0.1) is 12.8 Å². The van der Waals surface area contributed by atoms with Crippen LogP contribution in [0.4, 0.5) is 0 Å². The lowest BCUT2D eigenvalue weighted by molar-refractivity contribution is 0.184. The second kappa shape index (κ2) is 4.42. The standard InChI is InChI=1S/C11H18N2O/c1-4-11(3,9-14)6-10-7-12-13(5-2)8-10/h4,7-8,14H,1,5-6,9H2,2-3H3. The first-order valence-electron chi connectivity index (χ1n) is 4.89. The highest BCUT2D eigenvalue weighted by atomic mass is 16.3. The SMILES string of the molecule is C=CC(C)(CO)Cc1cnn(CC)c1. The molecular formula is C11H18N2O. The quantitative estimate of drug-likeness (QED) is 0.723. The molecule has 14 heavy (non-hydrogen) atoms. The zero-order valence-corrected chi connectivity index (χ0v) is 8.90. The molecule has 1 rings (SSSR count). The fraction of sp³-hybridized carbons (Fsp3) is 0.545. The second-order valence-corrected chi connectivity index (χ2v) is 3.90. The third-order valence-electron chi connectivity index (χ3n) is 2.47. The normalized spacial score (nSPS) is 15.1. The largest absolute Gasteiger partial charge is 0.395 e. The third kappa shape index (κ3) is 2.45. The van der Waals surface area contributed by atoms with Crippen LogP contribution in [0.2, 0.25) is 0 Å². The van der Waals surface area contributed by atoms with Gasteiger partial charge in [-0.3, -0.25) is 4.68 Å². The summed E-state index contributed by atoms with van der Waals surface area (Å²) in [4.78, 5) is 0. The molecule has 0 amide bonds. The first-order valence-corrected chi connectivity index (χ1v) is 4.89. The van der Waals surface area contributed by atoms with Crippen molar-refractivity contribution in [2.24, 2.45) is 5.41 Å². The molecule has 1 N–H and O–H groups in total. The van der Waals surface area contributed by atoms with Crippen molar-refractivity contribution in [3.05, 3.63) is 30.6 Å². The summed E-state index contributed by atoms with van der Waals surface area (Å²) in [7, 11) is 0. The Morgan fingerprint density at radius 2 is 2.43 bits per heavy atom. The molecule has 0 radical (unpaired) electrons. The summed E-state index contributed by atoms with van der Waals surface area (Å²) in [5.41, 5.74) is 0.907. The maximum Gasteiger partial charge on any atom is 0.0522 e. The minimum absolute atomic E-state index is 0.119. The molecule has 0 saturated carbocycles. The number of aliphatic hydroxyl groups excluding tert-OH is 1. The smallest absolute Gasteiger partial charge is 0.0522 e. The van der Waals surface area contributed by atoms with E-state index in [1.165, 1.54) is 0 Å². The van der Waals surface area contributed by atoms with Crippen LogP contribution < -0.4 is 0 Å². The Morgan fingerprint density at radius 3 is 2.86 bits per heavy atom. The van der Waals surface area contributed by atoms with E-state index < -0.39 is 0 Å². The zero-order valence-electron chi connectivity index (χ0n) is 8.90. The molecule has 0 fully saturated rings. The van der Waals surface area contributed by atoms with E-state index in [9.17, 15) is 5.11 Å². The summed E-state index contributed by atoms with van der Waals surface area (Å²) >= 11 is 0. The van der Waals surface area contributed by atoms with E-state index in [1.54, 1.807) is 6.08 Å². The maximum atomic E-state index is 9.21. The molecule has 1 heterocycles. The fourth-order valence-electron chi connectivity index (χ4n) is 1.33. The van der Waals surface area contributed by atoms with Gasteiger partial charge in [-0.2, -0.15) is 5.10 Å². The topological polar surface area (TPSA) is 38.1 Å². The highest BCUT2D eigenvalue weighted by Gasteiger charge is 2.20. The molecule has 0 aliphatic rings. The molecule has 0 aromatic carbocycles. The van der Waals surface area contributed by atoms with Gasteiger partial charge in [0.25, 0.3) is 0 Å². The molecule has 1 aromatic rings. The number of hydrogen-bond donors (Lipinski definition) is 1. The third-order valence-corrected chi connectivity index (χ3v) is 2.47. The molecular weight excluding hydrogens is 176 g/mol. The molecule has 0 bridgehead atoms. The Morgan fingerprint density at radius 1 is 1.71 bits per heavy atom. The Balaban J connectivity index is 2.72. The van der Waals surface area contributed by atoms with Crippen LogP contribution in [0.15, 0.2) is 25.0 Å². The van der Waals surface area contributed by atoms with Gasteiger partial charge in [-0.05, 0) is 18.9 Å². The predicted molar refractivity (Wildman–Crippen MR) is 57.0 cm³/mol. The van der Waals surface area contributed by atoms with Crippen molar-refractivity contribution in [2.75, 3.05) is 6.61 Å². The van der Waals surface area contributed by atoms with Gasteiger partial charge in [0.2, 0.25) is 0 Å². The lowest BCUT2D eigenvalue weighted by atomic mass is 9.86. The number of aromatic nitrogens is 2. The van der Waals surface area contributed by atoms with Crippen LogP contribution >= 0.6 is 0 Å². The van der Waals surface area contributed by atoms with Crippen LogP contribution in [0.5, 0.6) is 0 Å². The monoisotopic (exact) mass is 194 g/mol. The lowest BCUT2D eigenvalue weighted by Gasteiger charge is -2.21. The lowest BCUT2D eigenvalue weighted by Crippen LogP contribution is -2.20. The first-order chi connectivity index (χ1) is 6.63. The first kappa shape index (κ1) is 11.0. The minimum atomic E-state index is -0.235. The van der Waals surface area contributed by atoms with E-state index in [1.807, 2.05) is 24.0 Å². The molecule has 0 aliphatic carbocycles. The van der Waals surface area contributed by atoms with E-state index in [0.29, 0.717) is 0 Å². The van der Waals surface area contributed by atoms with E-state index in [4.69, 9.17) is 0 Å². The molecule has 3 heteroatoms. The number of hydrogen-bond acceptors (Lipinski definition) is 2. The van der Waals surface area contributed by atoms with Gasteiger partial charge in [0, 0.05) is 18.2 Å². The van der Waals surface area contributed by atoms with Crippen molar-refractivity contribution < 1.29 is 5.11 Å². The molecule has 1 unspecified atom stereocenters. The van der Waals surface area contributed by atoms with Gasteiger partial charge in [-0.25, -0.2) is 0 Å². The van der Waals surface area contributed by atoms with Crippen LogP contribution in [0.3, 0.4) is 0 Å². The number of aryl methyl sites for hydroxylation is 1. The molecule has 1 aromatic heterocycles. The van der Waals surface area contributed by atoms with Crippen molar-refractivity contribution in [3.8, 4) is 0 Å². The molecule has 0 spiro atoms. The average molecular weight is 194 g/mol. The van der Waals surface area contributed by atoms with Gasteiger partial charge < -0.3 is 5.11 Å². The summed E-state index contributed by atoms with van der Waals surface area (Å²) in [5.74, 6) is 0. The van der Waals surface area contributed by atoms with Crippen LogP contribution in [0, 0.1) is 5.41 Å². The van der Waals surface area contributed by atoms with Crippen molar-refractivity contribution in [3.63, 3.8) is 0 Å². The van der Waals surface area contributed by atoms with Crippen LogP contribution in [-0.2, 0) is 13.0 Å². The Kier molecular flexibility index (Phi) is 3.47. The van der Waals surface area contributed by atoms with Crippen molar-refractivity contribution in [2.45, 2.75) is 26.8 Å². The van der Waals surface area contributed by atoms with Gasteiger partial charge in [0.1, 0.15) is 0 Å². The number of nitrogens with zero attached hydrogens (tertiary/aromatic N) is 2. The van der Waals surface area contributed by atoms with Crippen LogP contribution in [0.1, 0.15) is 19.4 Å². The molecule has 3 nitrogen and oxygen atoms in total. The van der Waals surface area contributed by atoms with Gasteiger partial charge in [-0.1, -0.05) is 13.0 Å². The minimum Gasteiger partial charge on any atom is -0.395 e. The fourth-order valence-corrected chi connectivity index (χ4v) is 1.33. The van der Waals surface area contributed by atoms with E-state index in [2.05, 4.69) is 18.6 Å². The zero-order chi connectivity index (χ0) is 10.6. The van der Waals surface area contributed by atoms with Crippen LogP contribution in [0.25, 0.3) is 0 Å². The van der Waals surface area contributed by atoms with Crippen LogP contribution in [-0.4, -0.2) is 21.5 Å². The molecule has 78 valence electrons. The number of rotatable bonds is 5. The summed E-state index contributed by atoms with van der Waals surface area (Å²) in [6.45, 7) is 8.78. The second-order valence-electron chi connectivity index (χ2n) is 3.90. The Labute approximate surface area is 85.1 Å². The Hall–Kier alpha value is -1.09. The van der Waals surface area contributed by atoms with Gasteiger partial charge in [0.15, 0.2) is 0 Å². The highest BCUT2D eigenvalue weighted by Crippen LogP contribution is 2.22. The number of aliphatic hydroxyl groups is 1. The molecule has 0 saturated heterocycles. The van der Waals surface area contributed by atoms with Crippen molar-refractivity contribution >= 4 is 0 Å². The summed E-state index contributed by atoms with van der Waals surface area (Å²) in [6, 6.07) is 0. The summed E-state index contributed by atoms with van der Waals surface area (Å²) in [5, 5.41) is 13.4. The van der Waals surface area contributed by atoms with E-state index in [0.717, 1.165) is 18.5 Å². The van der Waals surface area contributed by atoms with E-state index >= 15 is 0 Å². The highest BCUT2D eigenvalue weighted by molar-refractivity contribution is 5.10. The van der Waals surface area contributed by atoms with Crippen molar-refractivity contribution in [1.82, 2.24) is 9.78 Å². The van der Waals surface area contributed by atoms with Gasteiger partial charge in [-0.15, -0.1) is 6.58 Å². The van der Waals surface area contributed by atoms with Crippen molar-refractivity contribution in [1.29, 1.82) is 0 Å². The summed E-state index contributed by atoms with van der Waals surface area (Å²) < 4.78 is 1.89. The maximum absolute atomic E-state index is 9.21. The van der Waals surface area contributed by atoms with E-state index in [-0.39, 0.29) is 12.0 Å². The predicted octanol–water partition coefficient (Wildman–Crippen LogP) is 1.63. The Bertz CT molecular complexity index is 306. The van der Waals surface area contributed by atoms with Gasteiger partial charge >= 0.3 is 0 Å².